The summed E-state index contributed by atoms with van der Waals surface area (Å²) in [5.74, 6) is 1.28. The fourth-order valence-electron chi connectivity index (χ4n) is 2.37. The Kier molecular flexibility index (Phi) is 7.04. The van der Waals surface area contributed by atoms with E-state index in [2.05, 4.69) is 30.5 Å². The summed E-state index contributed by atoms with van der Waals surface area (Å²) in [4.78, 5) is 14.5. The number of nitrogens with zero attached hydrogens (tertiary/aromatic N) is 1. The van der Waals surface area contributed by atoms with Crippen molar-refractivity contribution in [3.63, 3.8) is 0 Å². The first-order chi connectivity index (χ1) is 10.8. The van der Waals surface area contributed by atoms with E-state index in [4.69, 9.17) is 0 Å². The molecule has 0 fully saturated rings. The monoisotopic (exact) mass is 313 g/mol. The van der Waals surface area contributed by atoms with Gasteiger partial charge in [0.05, 0.1) is 0 Å². The second-order valence-corrected chi connectivity index (χ2v) is 6.30. The van der Waals surface area contributed by atoms with Crippen molar-refractivity contribution in [2.24, 2.45) is 0 Å². The molecule has 2 aromatic carbocycles. The molecule has 22 heavy (non-hydrogen) atoms. The number of hydrogen-bond donors (Lipinski definition) is 0. The van der Waals surface area contributed by atoms with Crippen LogP contribution in [0.5, 0.6) is 0 Å². The minimum atomic E-state index is 0.238. The lowest BCUT2D eigenvalue weighted by Gasteiger charge is -2.23. The molecule has 0 saturated heterocycles. The first-order valence-electron chi connectivity index (χ1n) is 7.64. The Labute approximate surface area is 137 Å². The second-order valence-electron chi connectivity index (χ2n) is 5.32. The number of benzene rings is 2. The zero-order valence-electron chi connectivity index (χ0n) is 13.1. The smallest absolute Gasteiger partial charge is 0.223 e. The van der Waals surface area contributed by atoms with Gasteiger partial charge >= 0.3 is 0 Å². The number of rotatable bonds is 8. The van der Waals surface area contributed by atoms with E-state index in [1.807, 2.05) is 41.3 Å². The van der Waals surface area contributed by atoms with Crippen LogP contribution in [-0.2, 0) is 17.9 Å². The molecule has 0 heterocycles. The van der Waals surface area contributed by atoms with Crippen LogP contribution in [0.4, 0.5) is 0 Å². The van der Waals surface area contributed by atoms with Crippen molar-refractivity contribution < 1.29 is 4.79 Å². The molecular formula is C19H23NOS. The summed E-state index contributed by atoms with van der Waals surface area (Å²) in [5.41, 5.74) is 2.35. The van der Waals surface area contributed by atoms with Crippen molar-refractivity contribution in [3.8, 4) is 0 Å². The number of carbonyl (C=O) groups is 1. The molecule has 3 heteroatoms. The minimum Gasteiger partial charge on any atom is -0.334 e. The predicted octanol–water partition coefficient (Wildman–Crippen LogP) is 4.36. The van der Waals surface area contributed by atoms with E-state index in [1.54, 1.807) is 11.8 Å². The molecule has 0 aliphatic rings. The maximum absolute atomic E-state index is 12.5. The van der Waals surface area contributed by atoms with Crippen LogP contribution in [0, 0.1) is 0 Å². The summed E-state index contributed by atoms with van der Waals surface area (Å²) >= 11 is 1.79. The number of carbonyl (C=O) groups excluding carboxylic acids is 1. The maximum atomic E-state index is 12.5. The summed E-state index contributed by atoms with van der Waals surface area (Å²) in [6, 6.07) is 20.4. The topological polar surface area (TPSA) is 20.3 Å². The molecule has 0 bridgehead atoms. The van der Waals surface area contributed by atoms with E-state index in [0.29, 0.717) is 19.5 Å². The molecule has 2 aromatic rings. The van der Waals surface area contributed by atoms with E-state index in [9.17, 15) is 4.79 Å². The average molecular weight is 313 g/mol. The molecule has 0 spiro atoms. The van der Waals surface area contributed by atoms with Gasteiger partial charge in [0.25, 0.3) is 0 Å². The highest BCUT2D eigenvalue weighted by Gasteiger charge is 2.14. The van der Waals surface area contributed by atoms with Gasteiger partial charge < -0.3 is 4.90 Å². The van der Waals surface area contributed by atoms with Gasteiger partial charge in [-0.2, -0.15) is 11.8 Å². The first-order valence-corrected chi connectivity index (χ1v) is 9.03. The lowest BCUT2D eigenvalue weighted by atomic mass is 10.1. The van der Waals surface area contributed by atoms with Crippen LogP contribution in [-0.4, -0.2) is 22.8 Å². The molecule has 0 unspecified atom stereocenters. The summed E-state index contributed by atoms with van der Waals surface area (Å²) < 4.78 is 0. The molecule has 0 aliphatic carbocycles. The number of hydrogen-bond acceptors (Lipinski definition) is 2. The largest absolute Gasteiger partial charge is 0.334 e. The van der Waals surface area contributed by atoms with E-state index in [-0.39, 0.29) is 5.91 Å². The van der Waals surface area contributed by atoms with Crippen LogP contribution in [0.2, 0.25) is 0 Å². The van der Waals surface area contributed by atoms with Crippen molar-refractivity contribution in [1.82, 2.24) is 4.90 Å². The van der Waals surface area contributed by atoms with Crippen molar-refractivity contribution in [2.45, 2.75) is 25.9 Å². The lowest BCUT2D eigenvalue weighted by molar-refractivity contribution is -0.132. The summed E-state index contributed by atoms with van der Waals surface area (Å²) in [7, 11) is 0. The quantitative estimate of drug-likeness (QED) is 0.675. The molecule has 0 saturated carbocycles. The van der Waals surface area contributed by atoms with Gasteiger partial charge in [0.1, 0.15) is 0 Å². The van der Waals surface area contributed by atoms with Crippen LogP contribution in [0.3, 0.4) is 0 Å². The third kappa shape index (κ3) is 5.57. The zero-order chi connectivity index (χ0) is 15.6. The maximum Gasteiger partial charge on any atom is 0.223 e. The van der Waals surface area contributed by atoms with Gasteiger partial charge in [0.15, 0.2) is 0 Å². The molecule has 116 valence electrons. The summed E-state index contributed by atoms with van der Waals surface area (Å²) in [6.45, 7) is 1.35. The van der Waals surface area contributed by atoms with Gasteiger partial charge in [-0.25, -0.2) is 0 Å². The highest BCUT2D eigenvalue weighted by molar-refractivity contribution is 7.98. The molecule has 2 nitrogen and oxygen atoms in total. The normalized spacial score (nSPS) is 10.4. The van der Waals surface area contributed by atoms with E-state index in [0.717, 1.165) is 12.2 Å². The van der Waals surface area contributed by atoms with Crippen molar-refractivity contribution >= 4 is 17.7 Å². The SMILES string of the molecule is CSCCCC(=O)N(Cc1ccccc1)Cc1ccccc1. The first kappa shape index (κ1) is 16.6. The van der Waals surface area contributed by atoms with E-state index in [1.165, 1.54) is 11.1 Å². The van der Waals surface area contributed by atoms with Crippen LogP contribution < -0.4 is 0 Å². The number of thioether (sulfide) groups is 1. The molecule has 0 aromatic heterocycles. The van der Waals surface area contributed by atoms with Crippen LogP contribution in [0.15, 0.2) is 60.7 Å². The zero-order valence-corrected chi connectivity index (χ0v) is 13.9. The van der Waals surface area contributed by atoms with Crippen LogP contribution in [0.1, 0.15) is 24.0 Å². The fraction of sp³-hybridized carbons (Fsp3) is 0.316. The summed E-state index contributed by atoms with van der Waals surface area (Å²) in [6.07, 6.45) is 3.65. The highest BCUT2D eigenvalue weighted by Crippen LogP contribution is 2.13. The molecular weight excluding hydrogens is 290 g/mol. The van der Waals surface area contributed by atoms with Crippen molar-refractivity contribution in [3.05, 3.63) is 71.8 Å². The third-order valence-corrected chi connectivity index (χ3v) is 4.22. The van der Waals surface area contributed by atoms with Gasteiger partial charge in [-0.3, -0.25) is 4.79 Å². The predicted molar refractivity (Wildman–Crippen MR) is 94.8 cm³/mol. The van der Waals surface area contributed by atoms with Gasteiger partial charge in [-0.05, 0) is 29.6 Å². The number of amides is 1. The minimum absolute atomic E-state index is 0.238. The van der Waals surface area contributed by atoms with Gasteiger partial charge in [-0.1, -0.05) is 60.7 Å². The van der Waals surface area contributed by atoms with E-state index >= 15 is 0 Å². The lowest BCUT2D eigenvalue weighted by Crippen LogP contribution is -2.30. The van der Waals surface area contributed by atoms with Crippen molar-refractivity contribution in [2.75, 3.05) is 12.0 Å². The third-order valence-electron chi connectivity index (χ3n) is 3.52. The van der Waals surface area contributed by atoms with Gasteiger partial charge in [-0.15, -0.1) is 0 Å². The summed E-state index contributed by atoms with van der Waals surface area (Å²) in [5, 5.41) is 0. The Bertz CT molecular complexity index is 515. The van der Waals surface area contributed by atoms with Gasteiger partial charge in [0, 0.05) is 19.5 Å². The van der Waals surface area contributed by atoms with Crippen molar-refractivity contribution in [1.29, 1.82) is 0 Å². The Morgan fingerprint density at radius 1 is 0.909 bits per heavy atom. The molecule has 0 aliphatic heterocycles. The standard InChI is InChI=1S/C19H23NOS/c1-22-14-8-13-19(21)20(15-17-9-4-2-5-10-17)16-18-11-6-3-7-12-18/h2-7,9-12H,8,13-16H2,1H3. The van der Waals surface area contributed by atoms with Crippen LogP contribution >= 0.6 is 11.8 Å². The molecule has 1 amide bonds. The Balaban J connectivity index is 2.04. The second kappa shape index (κ2) is 9.31. The molecule has 0 atom stereocenters. The Morgan fingerprint density at radius 2 is 1.41 bits per heavy atom. The van der Waals surface area contributed by atoms with E-state index < -0.39 is 0 Å². The Hall–Kier alpha value is -1.74. The molecule has 2 rings (SSSR count). The Morgan fingerprint density at radius 3 is 1.86 bits per heavy atom. The van der Waals surface area contributed by atoms with Gasteiger partial charge in [0.2, 0.25) is 5.91 Å². The van der Waals surface area contributed by atoms with Crippen LogP contribution in [0.25, 0.3) is 0 Å². The highest BCUT2D eigenvalue weighted by atomic mass is 32.2. The average Bonchev–Trinajstić information content (AvgIpc) is 2.56. The fourth-order valence-corrected chi connectivity index (χ4v) is 2.80. The molecule has 0 N–H and O–H groups in total. The molecule has 0 radical (unpaired) electrons.